The highest BCUT2D eigenvalue weighted by molar-refractivity contribution is 7.13. The lowest BCUT2D eigenvalue weighted by molar-refractivity contribution is -0.117. The molecule has 3 aliphatic rings. The largest absolute Gasteiger partial charge is 0.384 e. The van der Waals surface area contributed by atoms with E-state index in [-0.39, 0.29) is 0 Å². The van der Waals surface area contributed by atoms with Gasteiger partial charge in [-0.2, -0.15) is 0 Å². The van der Waals surface area contributed by atoms with Gasteiger partial charge in [0.2, 0.25) is 0 Å². The molecule has 1 aromatic carbocycles. The quantitative estimate of drug-likeness (QED) is 0.922. The maximum Gasteiger partial charge on any atom is 0.123 e. The summed E-state index contributed by atoms with van der Waals surface area (Å²) < 4.78 is 0. The third kappa shape index (κ3) is 1.91. The molecule has 2 bridgehead atoms. The smallest absolute Gasteiger partial charge is 0.123 e. The Hall–Kier alpha value is -1.23. The Labute approximate surface area is 122 Å². The van der Waals surface area contributed by atoms with Crippen molar-refractivity contribution in [1.82, 2.24) is 9.88 Å². The molecule has 0 radical (unpaired) electrons. The van der Waals surface area contributed by atoms with E-state index in [9.17, 15) is 5.11 Å². The van der Waals surface area contributed by atoms with Crippen LogP contribution in [0.4, 0.5) is 0 Å². The molecule has 3 nitrogen and oxygen atoms in total. The van der Waals surface area contributed by atoms with Gasteiger partial charge in [-0.3, -0.25) is 0 Å². The highest BCUT2D eigenvalue weighted by Gasteiger charge is 2.46. The summed E-state index contributed by atoms with van der Waals surface area (Å²) in [6, 6.07) is 8.34. The Morgan fingerprint density at radius 2 is 1.95 bits per heavy atom. The molecular formula is C16H18N2OS. The molecule has 0 saturated carbocycles. The van der Waals surface area contributed by atoms with Crippen LogP contribution in [0.3, 0.4) is 0 Å². The SMILES string of the molecule is O[C@@]1(c2ccc(-c3nccs3)cc2)CN2CCC1CC2. The van der Waals surface area contributed by atoms with Crippen LogP contribution in [0.25, 0.3) is 10.6 Å². The van der Waals surface area contributed by atoms with Crippen LogP contribution in [-0.4, -0.2) is 34.6 Å². The first-order valence-electron chi connectivity index (χ1n) is 7.21. The zero-order valence-corrected chi connectivity index (χ0v) is 12.1. The summed E-state index contributed by atoms with van der Waals surface area (Å²) in [7, 11) is 0. The van der Waals surface area contributed by atoms with Gasteiger partial charge in [-0.15, -0.1) is 11.3 Å². The fourth-order valence-electron chi connectivity index (χ4n) is 3.63. The van der Waals surface area contributed by atoms with Gasteiger partial charge in [0.1, 0.15) is 10.6 Å². The second-order valence-corrected chi connectivity index (χ2v) is 6.78. The van der Waals surface area contributed by atoms with E-state index in [1.54, 1.807) is 11.3 Å². The summed E-state index contributed by atoms with van der Waals surface area (Å²) in [5.41, 5.74) is 1.54. The normalized spacial score (nSPS) is 32.5. The van der Waals surface area contributed by atoms with E-state index >= 15 is 0 Å². The molecule has 1 N–H and O–H groups in total. The summed E-state index contributed by atoms with van der Waals surface area (Å²) in [5, 5.41) is 14.1. The van der Waals surface area contributed by atoms with E-state index in [0.29, 0.717) is 5.92 Å². The number of hydrogen-bond donors (Lipinski definition) is 1. The molecule has 4 heterocycles. The van der Waals surface area contributed by atoms with Crippen molar-refractivity contribution in [3.8, 4) is 10.6 Å². The predicted molar refractivity (Wildman–Crippen MR) is 80.6 cm³/mol. The van der Waals surface area contributed by atoms with E-state index in [2.05, 4.69) is 34.1 Å². The molecule has 3 saturated heterocycles. The minimum Gasteiger partial charge on any atom is -0.384 e. The van der Waals surface area contributed by atoms with E-state index in [1.807, 2.05) is 11.6 Å². The number of rotatable bonds is 2. The monoisotopic (exact) mass is 286 g/mol. The first-order valence-corrected chi connectivity index (χ1v) is 8.09. The van der Waals surface area contributed by atoms with Crippen LogP contribution in [0, 0.1) is 5.92 Å². The molecule has 5 rings (SSSR count). The van der Waals surface area contributed by atoms with Crippen LogP contribution in [0.1, 0.15) is 18.4 Å². The van der Waals surface area contributed by atoms with E-state index in [1.165, 1.54) is 0 Å². The molecular weight excluding hydrogens is 268 g/mol. The van der Waals surface area contributed by atoms with Crippen molar-refractivity contribution < 1.29 is 5.11 Å². The second kappa shape index (κ2) is 4.65. The van der Waals surface area contributed by atoms with Crippen LogP contribution in [0.2, 0.25) is 0 Å². The fourth-order valence-corrected chi connectivity index (χ4v) is 4.28. The highest BCUT2D eigenvalue weighted by Crippen LogP contribution is 2.42. The summed E-state index contributed by atoms with van der Waals surface area (Å²) >= 11 is 1.65. The predicted octanol–water partition coefficient (Wildman–Crippen LogP) is 2.72. The number of benzene rings is 1. The number of hydrogen-bond acceptors (Lipinski definition) is 4. The Balaban J connectivity index is 1.66. The molecule has 2 aromatic rings. The first kappa shape index (κ1) is 12.5. The van der Waals surface area contributed by atoms with Crippen molar-refractivity contribution in [3.63, 3.8) is 0 Å². The minimum atomic E-state index is -0.655. The third-order valence-electron chi connectivity index (χ3n) is 4.79. The lowest BCUT2D eigenvalue weighted by Crippen LogP contribution is -2.57. The van der Waals surface area contributed by atoms with Gasteiger partial charge in [0, 0.05) is 23.7 Å². The lowest BCUT2D eigenvalue weighted by Gasteiger charge is -2.50. The molecule has 104 valence electrons. The number of fused-ring (bicyclic) bond motifs is 3. The first-order chi connectivity index (χ1) is 9.75. The summed E-state index contributed by atoms with van der Waals surface area (Å²) in [5.74, 6) is 0.415. The topological polar surface area (TPSA) is 36.4 Å². The molecule has 0 aliphatic carbocycles. The number of thiazole rings is 1. The van der Waals surface area contributed by atoms with Crippen molar-refractivity contribution >= 4 is 11.3 Å². The molecule has 3 fully saturated rings. The van der Waals surface area contributed by atoms with E-state index < -0.39 is 5.60 Å². The fraction of sp³-hybridized carbons (Fsp3) is 0.438. The molecule has 0 unspecified atom stereocenters. The molecule has 20 heavy (non-hydrogen) atoms. The Bertz CT molecular complexity index is 587. The van der Waals surface area contributed by atoms with Gasteiger partial charge in [-0.05, 0) is 37.4 Å². The van der Waals surface area contributed by atoms with Crippen molar-refractivity contribution in [2.45, 2.75) is 18.4 Å². The third-order valence-corrected chi connectivity index (χ3v) is 5.61. The van der Waals surface area contributed by atoms with Gasteiger partial charge >= 0.3 is 0 Å². The zero-order chi connectivity index (χ0) is 13.6. The number of aliphatic hydroxyl groups is 1. The lowest BCUT2D eigenvalue weighted by atomic mass is 9.71. The maximum absolute atomic E-state index is 11.1. The summed E-state index contributed by atoms with van der Waals surface area (Å²) in [6.45, 7) is 3.07. The van der Waals surface area contributed by atoms with Crippen LogP contribution >= 0.6 is 11.3 Å². The average molecular weight is 286 g/mol. The highest BCUT2D eigenvalue weighted by atomic mass is 32.1. The number of nitrogens with zero attached hydrogens (tertiary/aromatic N) is 2. The van der Waals surface area contributed by atoms with Crippen LogP contribution in [0.15, 0.2) is 35.8 Å². The maximum atomic E-state index is 11.1. The Kier molecular flexibility index (Phi) is 2.91. The molecule has 3 aliphatic heterocycles. The molecule has 1 atom stereocenters. The van der Waals surface area contributed by atoms with Crippen molar-refractivity contribution in [3.05, 3.63) is 41.4 Å². The van der Waals surface area contributed by atoms with Crippen molar-refractivity contribution in [2.75, 3.05) is 19.6 Å². The van der Waals surface area contributed by atoms with Gasteiger partial charge in [-0.1, -0.05) is 24.3 Å². The van der Waals surface area contributed by atoms with Crippen LogP contribution in [-0.2, 0) is 5.60 Å². The Morgan fingerprint density at radius 3 is 2.50 bits per heavy atom. The summed E-state index contributed by atoms with van der Waals surface area (Å²) in [4.78, 5) is 6.72. The molecule has 0 spiro atoms. The molecule has 4 heteroatoms. The number of piperidine rings is 3. The van der Waals surface area contributed by atoms with Crippen molar-refractivity contribution in [2.24, 2.45) is 5.92 Å². The van der Waals surface area contributed by atoms with Gasteiger partial charge in [-0.25, -0.2) is 4.98 Å². The van der Waals surface area contributed by atoms with Gasteiger partial charge in [0.25, 0.3) is 0 Å². The van der Waals surface area contributed by atoms with Gasteiger partial charge in [0.15, 0.2) is 0 Å². The summed E-state index contributed by atoms with van der Waals surface area (Å²) in [6.07, 6.45) is 4.06. The zero-order valence-electron chi connectivity index (χ0n) is 11.3. The molecule has 1 aromatic heterocycles. The minimum absolute atomic E-state index is 0.415. The second-order valence-electron chi connectivity index (χ2n) is 5.89. The van der Waals surface area contributed by atoms with E-state index in [4.69, 9.17) is 0 Å². The average Bonchev–Trinajstić information content (AvgIpc) is 3.03. The van der Waals surface area contributed by atoms with Gasteiger partial charge < -0.3 is 10.0 Å². The number of aromatic nitrogens is 1. The van der Waals surface area contributed by atoms with Crippen LogP contribution < -0.4 is 0 Å². The van der Waals surface area contributed by atoms with E-state index in [0.717, 1.165) is 48.6 Å². The van der Waals surface area contributed by atoms with Crippen molar-refractivity contribution in [1.29, 1.82) is 0 Å². The molecule has 0 amide bonds. The Morgan fingerprint density at radius 1 is 1.20 bits per heavy atom. The van der Waals surface area contributed by atoms with Crippen LogP contribution in [0.5, 0.6) is 0 Å². The van der Waals surface area contributed by atoms with Gasteiger partial charge in [0.05, 0.1) is 0 Å². The standard InChI is InChI=1S/C16H18N2OS/c19-16(11-18-8-5-14(16)6-9-18)13-3-1-12(2-4-13)15-17-7-10-20-15/h1-4,7,10,14,19H,5-6,8-9,11H2/t16-/m1/s1.